The standard InChI is InChI=1S/C27H33N3O2S2/c1-8-17(4)15-30-26(32)25(19(6)29(7)22-11-9-10-12-24(22)33)34-27(30)28-21-14-20(16(2)3)23(31)13-18(21)5/h9-14,16,31,33H,4,8,15H2,1-3,5-7H3/b25-19+,28-27?. The Kier molecular flexibility index (Phi) is 8.21. The van der Waals surface area contributed by atoms with Crippen LogP contribution in [0.25, 0.3) is 0 Å². The van der Waals surface area contributed by atoms with Gasteiger partial charge in [0.1, 0.15) is 5.75 Å². The van der Waals surface area contributed by atoms with Crippen molar-refractivity contribution < 1.29 is 9.90 Å². The van der Waals surface area contributed by atoms with Crippen LogP contribution in [-0.2, 0) is 4.79 Å². The third-order valence-electron chi connectivity index (χ3n) is 6.00. The number of carbonyl (C=O) groups is 1. The van der Waals surface area contributed by atoms with Gasteiger partial charge in [-0.3, -0.25) is 9.69 Å². The molecule has 0 aliphatic carbocycles. The zero-order chi connectivity index (χ0) is 25.2. The number of hydrogen-bond acceptors (Lipinski definition) is 6. The Balaban J connectivity index is 2.09. The number of phenolic OH excluding ortho intramolecular Hbond substituents is 1. The first kappa shape index (κ1) is 26.0. The van der Waals surface area contributed by atoms with Crippen LogP contribution in [0.4, 0.5) is 11.4 Å². The predicted octanol–water partition coefficient (Wildman–Crippen LogP) is 7.01. The number of amidine groups is 1. The van der Waals surface area contributed by atoms with E-state index in [0.29, 0.717) is 16.6 Å². The van der Waals surface area contributed by atoms with E-state index in [0.717, 1.165) is 45.1 Å². The summed E-state index contributed by atoms with van der Waals surface area (Å²) in [5.74, 6) is 0.340. The van der Waals surface area contributed by atoms with Crippen molar-refractivity contribution in [2.45, 2.75) is 51.9 Å². The summed E-state index contributed by atoms with van der Waals surface area (Å²) in [6.45, 7) is 14.5. The number of anilines is 1. The number of thioether (sulfide) groups is 1. The zero-order valence-corrected chi connectivity index (χ0v) is 22.4. The second kappa shape index (κ2) is 10.7. The summed E-state index contributed by atoms with van der Waals surface area (Å²) in [6.07, 6.45) is 0.780. The number of carbonyl (C=O) groups excluding carboxylic acids is 1. The fourth-order valence-corrected chi connectivity index (χ4v) is 5.03. The predicted molar refractivity (Wildman–Crippen MR) is 148 cm³/mol. The molecular weight excluding hydrogens is 462 g/mol. The lowest BCUT2D eigenvalue weighted by Crippen LogP contribution is -2.31. The summed E-state index contributed by atoms with van der Waals surface area (Å²) in [7, 11) is 1.94. The van der Waals surface area contributed by atoms with Crippen LogP contribution in [-0.4, -0.2) is 34.7 Å². The Bertz CT molecular complexity index is 1180. The second-order valence-electron chi connectivity index (χ2n) is 8.81. The number of amides is 1. The maximum absolute atomic E-state index is 13.6. The summed E-state index contributed by atoms with van der Waals surface area (Å²) >= 11 is 5.95. The quantitative estimate of drug-likeness (QED) is 0.246. The molecule has 7 heteroatoms. The molecule has 34 heavy (non-hydrogen) atoms. The number of thiol groups is 1. The van der Waals surface area contributed by atoms with Gasteiger partial charge in [-0.1, -0.05) is 45.1 Å². The molecule has 0 atom stereocenters. The van der Waals surface area contributed by atoms with Crippen LogP contribution in [0.5, 0.6) is 5.75 Å². The van der Waals surface area contributed by atoms with E-state index in [4.69, 9.17) is 4.99 Å². The second-order valence-corrected chi connectivity index (χ2v) is 10.3. The molecule has 0 aromatic heterocycles. The van der Waals surface area contributed by atoms with Crippen molar-refractivity contribution in [1.82, 2.24) is 4.90 Å². The number of aryl methyl sites for hydroxylation is 1. The Morgan fingerprint density at radius 1 is 1.29 bits per heavy atom. The monoisotopic (exact) mass is 495 g/mol. The number of para-hydroxylation sites is 1. The maximum atomic E-state index is 13.6. The van der Waals surface area contributed by atoms with Gasteiger partial charge in [0.05, 0.1) is 16.3 Å². The van der Waals surface area contributed by atoms with Crippen LogP contribution in [0.3, 0.4) is 0 Å². The van der Waals surface area contributed by atoms with Crippen LogP contribution < -0.4 is 4.90 Å². The lowest BCUT2D eigenvalue weighted by atomic mass is 9.99. The van der Waals surface area contributed by atoms with Crippen LogP contribution >= 0.6 is 24.4 Å². The number of phenols is 1. The van der Waals surface area contributed by atoms with Gasteiger partial charge in [0, 0.05) is 24.2 Å². The SMILES string of the molecule is C=C(CC)CN1C(=O)/C(=C(/C)N(C)c2ccccc2S)SC1=Nc1cc(C(C)C)c(O)cc1C. The lowest BCUT2D eigenvalue weighted by Gasteiger charge is -2.23. The zero-order valence-electron chi connectivity index (χ0n) is 20.7. The molecule has 1 fully saturated rings. The third-order valence-corrected chi connectivity index (χ3v) is 7.55. The van der Waals surface area contributed by atoms with Crippen molar-refractivity contribution in [2.24, 2.45) is 4.99 Å². The summed E-state index contributed by atoms with van der Waals surface area (Å²) in [5.41, 5.74) is 5.15. The van der Waals surface area contributed by atoms with E-state index >= 15 is 0 Å². The summed E-state index contributed by atoms with van der Waals surface area (Å²) in [6, 6.07) is 11.5. The summed E-state index contributed by atoms with van der Waals surface area (Å²) in [5, 5.41) is 11.0. The Labute approximate surface area is 212 Å². The van der Waals surface area contributed by atoms with Gasteiger partial charge in [-0.25, -0.2) is 4.99 Å². The highest BCUT2D eigenvalue weighted by atomic mass is 32.2. The number of aromatic hydroxyl groups is 1. The molecule has 1 heterocycles. The molecule has 1 N–H and O–H groups in total. The molecule has 0 saturated carbocycles. The molecule has 180 valence electrons. The van der Waals surface area contributed by atoms with E-state index in [2.05, 4.69) is 19.2 Å². The first-order valence-corrected chi connectivity index (χ1v) is 12.6. The first-order valence-electron chi connectivity index (χ1n) is 11.4. The van der Waals surface area contributed by atoms with Gasteiger partial charge >= 0.3 is 0 Å². The Morgan fingerprint density at radius 3 is 2.59 bits per heavy atom. The minimum absolute atomic E-state index is 0.0835. The number of aliphatic imine (C=N–C) groups is 1. The molecule has 1 amide bonds. The number of nitrogens with zero attached hydrogens (tertiary/aromatic N) is 3. The minimum atomic E-state index is -0.0835. The molecule has 2 aromatic carbocycles. The summed E-state index contributed by atoms with van der Waals surface area (Å²) in [4.78, 5) is 23.6. The summed E-state index contributed by atoms with van der Waals surface area (Å²) < 4.78 is 0. The molecule has 0 spiro atoms. The van der Waals surface area contributed by atoms with Gasteiger partial charge in [-0.05, 0) is 73.3 Å². The molecule has 0 bridgehead atoms. The molecule has 1 aliphatic heterocycles. The van der Waals surface area contributed by atoms with Gasteiger partial charge in [0.25, 0.3) is 5.91 Å². The normalized spacial score (nSPS) is 16.5. The highest BCUT2D eigenvalue weighted by Crippen LogP contribution is 2.39. The third kappa shape index (κ3) is 5.36. The number of rotatable bonds is 7. The minimum Gasteiger partial charge on any atom is -0.508 e. The van der Waals surface area contributed by atoms with Gasteiger partial charge in [-0.2, -0.15) is 0 Å². The molecular formula is C27H33N3O2S2. The van der Waals surface area contributed by atoms with Gasteiger partial charge in [0.15, 0.2) is 5.17 Å². The van der Waals surface area contributed by atoms with Gasteiger partial charge < -0.3 is 10.0 Å². The van der Waals surface area contributed by atoms with Crippen molar-refractivity contribution in [3.63, 3.8) is 0 Å². The van der Waals surface area contributed by atoms with Crippen molar-refractivity contribution in [3.05, 3.63) is 70.3 Å². The molecule has 3 rings (SSSR count). The van der Waals surface area contributed by atoms with E-state index in [1.54, 1.807) is 11.0 Å². The van der Waals surface area contributed by atoms with Crippen molar-refractivity contribution >= 4 is 46.8 Å². The first-order chi connectivity index (χ1) is 16.0. The van der Waals surface area contributed by atoms with Crippen LogP contribution in [0.1, 0.15) is 51.2 Å². The molecule has 0 unspecified atom stereocenters. The largest absolute Gasteiger partial charge is 0.508 e. The van der Waals surface area contributed by atoms with Crippen LogP contribution in [0.2, 0.25) is 0 Å². The fraction of sp³-hybridized carbons (Fsp3) is 0.333. The molecule has 1 saturated heterocycles. The average Bonchev–Trinajstić information content (AvgIpc) is 3.09. The van der Waals surface area contributed by atoms with E-state index in [1.165, 1.54) is 11.8 Å². The fourth-order valence-electron chi connectivity index (χ4n) is 3.65. The lowest BCUT2D eigenvalue weighted by molar-refractivity contribution is -0.122. The van der Waals surface area contributed by atoms with Gasteiger partial charge in [-0.15, -0.1) is 12.6 Å². The van der Waals surface area contributed by atoms with Crippen molar-refractivity contribution in [3.8, 4) is 5.75 Å². The van der Waals surface area contributed by atoms with Crippen LogP contribution in [0, 0.1) is 6.92 Å². The number of allylic oxidation sites excluding steroid dienone is 1. The Hall–Kier alpha value is -2.64. The van der Waals surface area contributed by atoms with Crippen molar-refractivity contribution in [1.29, 1.82) is 0 Å². The smallest absolute Gasteiger partial charge is 0.268 e. The van der Waals surface area contributed by atoms with E-state index in [-0.39, 0.29) is 17.6 Å². The van der Waals surface area contributed by atoms with E-state index in [9.17, 15) is 9.90 Å². The highest BCUT2D eigenvalue weighted by Gasteiger charge is 2.36. The van der Waals surface area contributed by atoms with E-state index < -0.39 is 0 Å². The molecule has 1 aliphatic rings. The maximum Gasteiger partial charge on any atom is 0.268 e. The van der Waals surface area contributed by atoms with Crippen LogP contribution in [0.15, 0.2) is 69.0 Å². The average molecular weight is 496 g/mol. The molecule has 5 nitrogen and oxygen atoms in total. The number of hydrogen-bond donors (Lipinski definition) is 2. The molecule has 0 radical (unpaired) electrons. The highest BCUT2D eigenvalue weighted by molar-refractivity contribution is 8.18. The number of benzene rings is 2. The Morgan fingerprint density at radius 2 is 1.97 bits per heavy atom. The van der Waals surface area contributed by atoms with E-state index in [1.807, 2.05) is 76.9 Å². The topological polar surface area (TPSA) is 56.1 Å². The van der Waals surface area contributed by atoms with Crippen molar-refractivity contribution in [2.75, 3.05) is 18.5 Å². The van der Waals surface area contributed by atoms with Gasteiger partial charge in [0.2, 0.25) is 0 Å². The molecule has 2 aromatic rings.